The molecule has 0 unspecified atom stereocenters. The number of nitrogens with zero attached hydrogens (tertiary/aromatic N) is 8. The van der Waals surface area contributed by atoms with Crippen molar-refractivity contribution >= 4 is 89.6 Å². The van der Waals surface area contributed by atoms with Crippen molar-refractivity contribution in [2.45, 2.75) is 0 Å². The molecule has 2 aliphatic heterocycles. The van der Waals surface area contributed by atoms with Gasteiger partial charge in [-0.15, -0.1) is 0 Å². The van der Waals surface area contributed by atoms with Crippen LogP contribution in [0.4, 0.5) is 45.5 Å². The van der Waals surface area contributed by atoms with Crippen molar-refractivity contribution < 1.29 is 16.5 Å². The minimum atomic E-state index is 0. The Morgan fingerprint density at radius 1 is 0.306 bits per heavy atom. The first-order valence-corrected chi connectivity index (χ1v) is 14.5. The summed E-state index contributed by atoms with van der Waals surface area (Å²) in [5, 5.41) is 2.36. The number of nitrogens with two attached hydrogens (primary N) is 8. The van der Waals surface area contributed by atoms with E-state index in [9.17, 15) is 0 Å². The molecule has 17 heteroatoms. The van der Waals surface area contributed by atoms with E-state index in [0.717, 1.165) is 0 Å². The van der Waals surface area contributed by atoms with Crippen molar-refractivity contribution in [2.75, 3.05) is 45.9 Å². The van der Waals surface area contributed by atoms with Gasteiger partial charge in [0.15, 0.2) is 0 Å². The van der Waals surface area contributed by atoms with Crippen LogP contribution >= 0.6 is 0 Å². The molecule has 0 radical (unpaired) electrons. The van der Waals surface area contributed by atoms with Gasteiger partial charge in [-0.05, 0) is 70.1 Å². The molecule has 5 heterocycles. The fraction of sp³-hybridized carbons (Fsp3) is 0. The van der Waals surface area contributed by atoms with Gasteiger partial charge in [0.2, 0.25) is 0 Å². The zero-order valence-electron chi connectivity index (χ0n) is 25.1. The molecular formula is C32H24N16Ni. The van der Waals surface area contributed by atoms with E-state index >= 15 is 0 Å². The summed E-state index contributed by atoms with van der Waals surface area (Å²) in [6.07, 6.45) is 0. The predicted molar refractivity (Wildman–Crippen MR) is 189 cm³/mol. The van der Waals surface area contributed by atoms with Gasteiger partial charge in [0.1, 0.15) is 0 Å². The maximum absolute atomic E-state index is 6.24. The zero-order valence-corrected chi connectivity index (χ0v) is 26.1. The third-order valence-corrected chi connectivity index (χ3v) is 8.51. The van der Waals surface area contributed by atoms with Crippen molar-refractivity contribution in [3.05, 3.63) is 48.5 Å². The Bertz CT molecular complexity index is 2420. The number of benzene rings is 4. The maximum atomic E-state index is 6.24. The molecule has 2 aliphatic rings. The van der Waals surface area contributed by atoms with Crippen molar-refractivity contribution in [1.29, 1.82) is 0 Å². The van der Waals surface area contributed by atoms with Gasteiger partial charge in [0.25, 0.3) is 0 Å². The third-order valence-electron chi connectivity index (χ3n) is 8.51. The number of aromatic nitrogens is 8. The second-order valence-electron chi connectivity index (χ2n) is 11.6. The van der Waals surface area contributed by atoms with Crippen LogP contribution in [0.25, 0.3) is 89.7 Å². The molecule has 0 atom stereocenters. The van der Waals surface area contributed by atoms with Gasteiger partial charge in [0, 0.05) is 44.8 Å². The van der Waals surface area contributed by atoms with Crippen LogP contribution in [0, 0.1) is 0 Å². The van der Waals surface area contributed by atoms with E-state index in [2.05, 4.69) is 0 Å². The normalized spacial score (nSPS) is 11.8. The first-order chi connectivity index (χ1) is 23.0. The van der Waals surface area contributed by atoms with Gasteiger partial charge in [-0.25, -0.2) is 9.97 Å². The Labute approximate surface area is 285 Å². The van der Waals surface area contributed by atoms with Crippen molar-refractivity contribution in [1.82, 2.24) is 39.9 Å². The van der Waals surface area contributed by atoms with Crippen LogP contribution in [0.3, 0.4) is 0 Å². The molecule has 0 fully saturated rings. The molecule has 16 N–H and O–H groups in total. The third kappa shape index (κ3) is 4.29. The Hall–Kier alpha value is -6.87. The molecular weight excluding hydrogens is 667 g/mol. The Kier molecular flexibility index (Phi) is 6.07. The minimum Gasteiger partial charge on any atom is -0.397 e. The van der Waals surface area contributed by atoms with Gasteiger partial charge in [-0.1, -0.05) is 0 Å². The molecule has 16 nitrogen and oxygen atoms in total. The average molecular weight is 691 g/mol. The van der Waals surface area contributed by atoms with Gasteiger partial charge in [-0.2, -0.15) is 0 Å². The van der Waals surface area contributed by atoms with Crippen molar-refractivity contribution in [3.63, 3.8) is 0 Å². The number of rotatable bonds is 0. The zero-order chi connectivity index (χ0) is 33.2. The predicted octanol–water partition coefficient (Wildman–Crippen LogP) is 2.78. The molecule has 4 aromatic carbocycles. The minimum absolute atomic E-state index is 0. The summed E-state index contributed by atoms with van der Waals surface area (Å²) in [7, 11) is 0. The maximum Gasteiger partial charge on any atom is 2.00 e. The quantitative estimate of drug-likeness (QED) is 0.0837. The fourth-order valence-corrected chi connectivity index (χ4v) is 5.98. The Morgan fingerprint density at radius 3 is 0.735 bits per heavy atom. The van der Waals surface area contributed by atoms with E-state index in [1.807, 2.05) is 0 Å². The average Bonchev–Trinajstić information content (AvgIpc) is 3.74. The summed E-state index contributed by atoms with van der Waals surface area (Å²) in [6, 6.07) is 13.6. The Morgan fingerprint density at radius 2 is 0.510 bits per heavy atom. The summed E-state index contributed by atoms with van der Waals surface area (Å²) < 4.78 is 0. The number of nitrogen functional groups attached to an aromatic ring is 8. The SMILES string of the molecule is Nc1cc2c(cc1N)-c1nc-2nc2[n-]c(nc3nc(nc4[n-]c(n1)c1cc(N)c(N)cc41)-c1cc(N)c(N)cc1-3)c1cc(N)c(N)cc21.[Ni+2]. The molecule has 7 aromatic rings. The smallest absolute Gasteiger partial charge is 0.397 e. The standard InChI is InChI=1S/C32H24N16.Ni/c33-17-1-9-10(2-18(17)34)26-41-25(9)45-27-11-3-19(35)20(36)4-12(11)29(42-27)47-31-15-7-23(39)24(40)8-16(15)32(44-31)48-30-14-6-22(38)21(37)5-13(14)28(43-30)46-26;/h1-8H,33-40H2;/q-2;+2. The summed E-state index contributed by atoms with van der Waals surface area (Å²) in [5.41, 5.74) is 56.2. The number of hydrogen-bond acceptors (Lipinski definition) is 14. The molecule has 49 heavy (non-hydrogen) atoms. The van der Waals surface area contributed by atoms with Gasteiger partial charge in [-0.3, -0.25) is 0 Å². The molecule has 0 spiro atoms. The summed E-state index contributed by atoms with van der Waals surface area (Å²) in [5.74, 6) is 1.15. The van der Waals surface area contributed by atoms with E-state index in [4.69, 9.17) is 85.7 Å². The van der Waals surface area contributed by atoms with Crippen LogP contribution < -0.4 is 55.8 Å². The van der Waals surface area contributed by atoms with E-state index in [0.29, 0.717) is 89.3 Å². The first kappa shape index (κ1) is 29.5. The molecule has 242 valence electrons. The van der Waals surface area contributed by atoms with Crippen LogP contribution in [0.5, 0.6) is 0 Å². The van der Waals surface area contributed by atoms with Gasteiger partial charge in [0.05, 0.1) is 68.8 Å². The fourth-order valence-electron chi connectivity index (χ4n) is 5.98. The first-order valence-electron chi connectivity index (χ1n) is 14.5. The second-order valence-corrected chi connectivity index (χ2v) is 11.6. The molecule has 3 aromatic heterocycles. The van der Waals surface area contributed by atoms with E-state index in [-0.39, 0.29) is 62.4 Å². The molecule has 0 aliphatic carbocycles. The van der Waals surface area contributed by atoms with Gasteiger partial charge >= 0.3 is 16.5 Å². The Balaban J connectivity index is 0.00000348. The van der Waals surface area contributed by atoms with Crippen LogP contribution in [0.1, 0.15) is 0 Å². The van der Waals surface area contributed by atoms with Crippen LogP contribution in [0.2, 0.25) is 0 Å². The van der Waals surface area contributed by atoms with E-state index in [1.165, 1.54) is 0 Å². The number of fused-ring (bicyclic) bond motifs is 20. The van der Waals surface area contributed by atoms with Gasteiger partial charge < -0.3 is 75.8 Å². The van der Waals surface area contributed by atoms with Crippen molar-refractivity contribution in [2.24, 2.45) is 0 Å². The van der Waals surface area contributed by atoms with Crippen LogP contribution in [-0.2, 0) is 16.5 Å². The molecule has 9 rings (SSSR count). The second kappa shape index (κ2) is 10.1. The number of anilines is 8. The molecule has 8 bridgehead atoms. The summed E-state index contributed by atoms with van der Waals surface area (Å²) >= 11 is 0. The molecule has 0 amide bonds. The van der Waals surface area contributed by atoms with E-state index < -0.39 is 0 Å². The summed E-state index contributed by atoms with van der Waals surface area (Å²) in [4.78, 5) is 38.7. The van der Waals surface area contributed by atoms with Crippen molar-refractivity contribution in [3.8, 4) is 45.6 Å². The van der Waals surface area contributed by atoms with E-state index in [1.54, 1.807) is 48.5 Å². The largest absolute Gasteiger partial charge is 2.00 e. The van der Waals surface area contributed by atoms with Crippen LogP contribution in [-0.4, -0.2) is 29.9 Å². The monoisotopic (exact) mass is 690 g/mol. The summed E-state index contributed by atoms with van der Waals surface area (Å²) in [6.45, 7) is 0. The topological polar surface area (TPSA) is 314 Å². The van der Waals surface area contributed by atoms with Crippen LogP contribution in [0.15, 0.2) is 48.5 Å². The number of hydrogen-bond donors (Lipinski definition) is 8. The molecule has 0 saturated carbocycles. The molecule has 0 saturated heterocycles.